The van der Waals surface area contributed by atoms with Crippen molar-refractivity contribution in [2.45, 2.75) is 52.0 Å². The summed E-state index contributed by atoms with van der Waals surface area (Å²) in [6.07, 6.45) is 2.04. The highest BCUT2D eigenvalue weighted by molar-refractivity contribution is 5.87. The molecular weight excluding hydrogens is 260 g/mol. The number of nitrogens with two attached hydrogens (primary N) is 1. The average Bonchev–Trinajstić information content (AvgIpc) is 2.47. The summed E-state index contributed by atoms with van der Waals surface area (Å²) in [5, 5.41) is 0. The molecule has 1 heterocycles. The fourth-order valence-electron chi connectivity index (χ4n) is 3.12. The van der Waals surface area contributed by atoms with Crippen molar-refractivity contribution in [3.8, 4) is 0 Å². The molecule has 1 aliphatic rings. The number of aryl methyl sites for hydroxylation is 1. The van der Waals surface area contributed by atoms with Crippen LogP contribution in [-0.2, 0) is 10.2 Å². The molecule has 0 aromatic heterocycles. The second-order valence-electron chi connectivity index (χ2n) is 6.98. The molecule has 2 rings (SSSR count). The first-order chi connectivity index (χ1) is 9.82. The molecule has 3 nitrogen and oxygen atoms in total. The molecule has 1 unspecified atom stereocenters. The zero-order valence-electron chi connectivity index (χ0n) is 13.7. The first kappa shape index (κ1) is 16.0. The quantitative estimate of drug-likeness (QED) is 0.929. The van der Waals surface area contributed by atoms with Crippen molar-refractivity contribution in [1.29, 1.82) is 0 Å². The molecule has 1 amide bonds. The maximum atomic E-state index is 12.9. The third kappa shape index (κ3) is 3.46. The van der Waals surface area contributed by atoms with Crippen LogP contribution < -0.4 is 5.73 Å². The molecular formula is C18H28N2O. The molecule has 0 radical (unpaired) electrons. The predicted octanol–water partition coefficient (Wildman–Crippen LogP) is 2.86. The van der Waals surface area contributed by atoms with Gasteiger partial charge < -0.3 is 10.6 Å². The molecule has 21 heavy (non-hydrogen) atoms. The second kappa shape index (κ2) is 6.18. The number of hydrogen-bond acceptors (Lipinski definition) is 2. The van der Waals surface area contributed by atoms with Crippen molar-refractivity contribution >= 4 is 5.91 Å². The maximum absolute atomic E-state index is 12.9. The first-order valence-electron chi connectivity index (χ1n) is 7.94. The van der Waals surface area contributed by atoms with Gasteiger partial charge in [-0.05, 0) is 52.0 Å². The van der Waals surface area contributed by atoms with Gasteiger partial charge in [-0.15, -0.1) is 0 Å². The first-order valence-corrected chi connectivity index (χ1v) is 7.94. The summed E-state index contributed by atoms with van der Waals surface area (Å²) in [6.45, 7) is 9.85. The Morgan fingerprint density at radius 2 is 1.76 bits per heavy atom. The number of carbonyl (C=O) groups excluding carboxylic acids is 1. The lowest BCUT2D eigenvalue weighted by Gasteiger charge is -2.38. The van der Waals surface area contributed by atoms with Gasteiger partial charge in [0.15, 0.2) is 0 Å². The van der Waals surface area contributed by atoms with Gasteiger partial charge in [0, 0.05) is 19.1 Å². The van der Waals surface area contributed by atoms with E-state index in [1.165, 1.54) is 5.56 Å². The van der Waals surface area contributed by atoms with E-state index in [1.54, 1.807) is 0 Å². The summed E-state index contributed by atoms with van der Waals surface area (Å²) in [5.74, 6) is 0.783. The van der Waals surface area contributed by atoms with Gasteiger partial charge in [-0.1, -0.05) is 29.8 Å². The standard InChI is InChI=1S/C18H28N2O/c1-13-5-7-16(8-6-13)18(3,4)17(21)20-11-9-15(10-12-20)14(2)19/h5-8,14-15H,9-12,19H2,1-4H3. The number of amides is 1. The molecule has 1 atom stereocenters. The van der Waals surface area contributed by atoms with Gasteiger partial charge in [0.2, 0.25) is 5.91 Å². The topological polar surface area (TPSA) is 46.3 Å². The molecule has 1 aliphatic heterocycles. The Kier molecular flexibility index (Phi) is 4.72. The number of rotatable bonds is 3. The van der Waals surface area contributed by atoms with Crippen molar-refractivity contribution in [3.05, 3.63) is 35.4 Å². The number of benzene rings is 1. The van der Waals surface area contributed by atoms with Crippen molar-refractivity contribution < 1.29 is 4.79 Å². The minimum absolute atomic E-state index is 0.229. The van der Waals surface area contributed by atoms with Crippen molar-refractivity contribution in [3.63, 3.8) is 0 Å². The van der Waals surface area contributed by atoms with E-state index in [0.29, 0.717) is 5.92 Å². The number of nitrogens with zero attached hydrogens (tertiary/aromatic N) is 1. The zero-order chi connectivity index (χ0) is 15.6. The fourth-order valence-corrected chi connectivity index (χ4v) is 3.12. The lowest BCUT2D eigenvalue weighted by atomic mass is 9.81. The number of piperidine rings is 1. The van der Waals surface area contributed by atoms with Crippen molar-refractivity contribution in [2.24, 2.45) is 11.7 Å². The van der Waals surface area contributed by atoms with E-state index in [9.17, 15) is 4.79 Å². The number of likely N-dealkylation sites (tertiary alicyclic amines) is 1. The number of carbonyl (C=O) groups is 1. The minimum Gasteiger partial charge on any atom is -0.342 e. The Morgan fingerprint density at radius 3 is 2.24 bits per heavy atom. The van der Waals surface area contributed by atoms with Crippen LogP contribution in [0.15, 0.2) is 24.3 Å². The Balaban J connectivity index is 2.07. The highest BCUT2D eigenvalue weighted by atomic mass is 16.2. The van der Waals surface area contributed by atoms with Gasteiger partial charge >= 0.3 is 0 Å². The van der Waals surface area contributed by atoms with Crippen LogP contribution >= 0.6 is 0 Å². The molecule has 116 valence electrons. The van der Waals surface area contributed by atoms with Gasteiger partial charge in [0.05, 0.1) is 5.41 Å². The molecule has 1 saturated heterocycles. The highest BCUT2D eigenvalue weighted by Gasteiger charge is 2.35. The van der Waals surface area contributed by atoms with E-state index in [1.807, 2.05) is 18.7 Å². The van der Waals surface area contributed by atoms with E-state index in [-0.39, 0.29) is 11.9 Å². The fraction of sp³-hybridized carbons (Fsp3) is 0.611. The molecule has 1 fully saturated rings. The van der Waals surface area contributed by atoms with Gasteiger partial charge in [0.25, 0.3) is 0 Å². The van der Waals surface area contributed by atoms with Crippen LogP contribution in [0, 0.1) is 12.8 Å². The van der Waals surface area contributed by atoms with Gasteiger partial charge in [-0.25, -0.2) is 0 Å². The zero-order valence-corrected chi connectivity index (χ0v) is 13.7. The summed E-state index contributed by atoms with van der Waals surface area (Å²) < 4.78 is 0. The third-order valence-electron chi connectivity index (χ3n) is 4.88. The molecule has 0 bridgehead atoms. The van der Waals surface area contributed by atoms with Gasteiger partial charge in [-0.2, -0.15) is 0 Å². The molecule has 2 N–H and O–H groups in total. The lowest BCUT2D eigenvalue weighted by Crippen LogP contribution is -2.48. The summed E-state index contributed by atoms with van der Waals surface area (Å²) >= 11 is 0. The molecule has 1 aromatic carbocycles. The smallest absolute Gasteiger partial charge is 0.232 e. The Hall–Kier alpha value is -1.35. The van der Waals surface area contributed by atoms with E-state index >= 15 is 0 Å². The molecule has 0 saturated carbocycles. The maximum Gasteiger partial charge on any atom is 0.232 e. The lowest BCUT2D eigenvalue weighted by molar-refractivity contribution is -0.137. The molecule has 3 heteroatoms. The van der Waals surface area contributed by atoms with E-state index in [2.05, 4.69) is 38.1 Å². The minimum atomic E-state index is -0.463. The predicted molar refractivity (Wildman–Crippen MR) is 87.2 cm³/mol. The SMILES string of the molecule is Cc1ccc(C(C)(C)C(=O)N2CCC(C(C)N)CC2)cc1. The largest absolute Gasteiger partial charge is 0.342 e. The monoisotopic (exact) mass is 288 g/mol. The van der Waals surface area contributed by atoms with Crippen molar-refractivity contribution in [1.82, 2.24) is 4.90 Å². The Bertz CT molecular complexity index is 482. The van der Waals surface area contributed by atoms with Crippen LogP contribution in [-0.4, -0.2) is 29.9 Å². The Morgan fingerprint density at radius 1 is 1.24 bits per heavy atom. The highest BCUT2D eigenvalue weighted by Crippen LogP contribution is 2.29. The van der Waals surface area contributed by atoms with Crippen LogP contribution in [0.5, 0.6) is 0 Å². The van der Waals surface area contributed by atoms with Crippen LogP contribution in [0.3, 0.4) is 0 Å². The van der Waals surface area contributed by atoms with Crippen LogP contribution in [0.2, 0.25) is 0 Å². The van der Waals surface area contributed by atoms with E-state index in [0.717, 1.165) is 31.5 Å². The normalized spacial score (nSPS) is 18.6. The summed E-state index contributed by atoms with van der Waals surface area (Å²) in [7, 11) is 0. The van der Waals surface area contributed by atoms with E-state index in [4.69, 9.17) is 5.73 Å². The number of hydrogen-bond donors (Lipinski definition) is 1. The summed E-state index contributed by atoms with van der Waals surface area (Å²) in [6, 6.07) is 8.52. The summed E-state index contributed by atoms with van der Waals surface area (Å²) in [4.78, 5) is 14.9. The van der Waals surface area contributed by atoms with E-state index < -0.39 is 5.41 Å². The molecule has 0 aliphatic carbocycles. The third-order valence-corrected chi connectivity index (χ3v) is 4.88. The molecule has 1 aromatic rings. The van der Waals surface area contributed by atoms with Crippen LogP contribution in [0.1, 0.15) is 44.7 Å². The Labute approximate surface area is 128 Å². The van der Waals surface area contributed by atoms with Gasteiger partial charge in [-0.3, -0.25) is 4.79 Å². The summed E-state index contributed by atoms with van der Waals surface area (Å²) in [5.41, 5.74) is 7.83. The average molecular weight is 288 g/mol. The van der Waals surface area contributed by atoms with Crippen molar-refractivity contribution in [2.75, 3.05) is 13.1 Å². The molecule has 0 spiro atoms. The van der Waals surface area contributed by atoms with Crippen LogP contribution in [0.4, 0.5) is 0 Å². The second-order valence-corrected chi connectivity index (χ2v) is 6.98. The van der Waals surface area contributed by atoms with Crippen LogP contribution in [0.25, 0.3) is 0 Å². The van der Waals surface area contributed by atoms with Gasteiger partial charge in [0.1, 0.15) is 0 Å².